The van der Waals surface area contributed by atoms with Crippen molar-refractivity contribution in [2.45, 2.75) is 13.5 Å². The van der Waals surface area contributed by atoms with Crippen LogP contribution in [0.25, 0.3) is 0 Å². The Bertz CT molecular complexity index is 855. The van der Waals surface area contributed by atoms with Crippen molar-refractivity contribution in [3.05, 3.63) is 62.4 Å². The van der Waals surface area contributed by atoms with E-state index in [-0.39, 0.29) is 40.8 Å². The number of carbonyl (C=O) groups is 1. The molecule has 0 heterocycles. The Labute approximate surface area is 160 Å². The van der Waals surface area contributed by atoms with Crippen LogP contribution in [0.4, 0.5) is 10.1 Å². The highest BCUT2D eigenvalue weighted by molar-refractivity contribution is 6.31. The van der Waals surface area contributed by atoms with E-state index in [2.05, 4.69) is 0 Å². The fraction of sp³-hybridized carbons (Fsp3) is 0.278. The molecule has 0 aliphatic heterocycles. The lowest BCUT2D eigenvalue weighted by atomic mass is 10.1. The van der Waals surface area contributed by atoms with Gasteiger partial charge < -0.3 is 14.4 Å². The van der Waals surface area contributed by atoms with Crippen LogP contribution < -0.4 is 9.47 Å². The highest BCUT2D eigenvalue weighted by Gasteiger charge is 2.27. The Hall–Kier alpha value is -2.87. The number of carbonyl (C=O) groups excluding carboxylic acids is 1. The maximum atomic E-state index is 14.0. The van der Waals surface area contributed by atoms with Gasteiger partial charge in [-0.1, -0.05) is 17.7 Å². The van der Waals surface area contributed by atoms with E-state index in [9.17, 15) is 19.3 Å². The molecule has 0 aliphatic rings. The molecule has 9 heteroatoms. The first-order valence-corrected chi connectivity index (χ1v) is 8.35. The number of hydrogen-bond donors (Lipinski definition) is 0. The smallest absolute Gasteiger partial charge is 0.286 e. The minimum absolute atomic E-state index is 0.121. The molecular formula is C18H18ClFN2O5. The number of nitrogens with zero attached hydrogens (tertiary/aromatic N) is 2. The Kier molecular flexibility index (Phi) is 6.57. The van der Waals surface area contributed by atoms with Crippen LogP contribution in [0.15, 0.2) is 30.3 Å². The number of rotatable bonds is 7. The average molecular weight is 397 g/mol. The topological polar surface area (TPSA) is 81.9 Å². The van der Waals surface area contributed by atoms with Crippen LogP contribution in [0.3, 0.4) is 0 Å². The molecule has 0 saturated carbocycles. The second-order valence-corrected chi connectivity index (χ2v) is 5.98. The van der Waals surface area contributed by atoms with E-state index < -0.39 is 22.3 Å². The lowest BCUT2D eigenvalue weighted by Gasteiger charge is -2.19. The molecule has 0 fully saturated rings. The normalized spacial score (nSPS) is 10.4. The molecule has 2 aromatic rings. The summed E-state index contributed by atoms with van der Waals surface area (Å²) < 4.78 is 24.5. The highest BCUT2D eigenvalue weighted by atomic mass is 35.5. The fourth-order valence-electron chi connectivity index (χ4n) is 2.50. The lowest BCUT2D eigenvalue weighted by molar-refractivity contribution is -0.385. The van der Waals surface area contributed by atoms with E-state index in [1.807, 2.05) is 0 Å². The van der Waals surface area contributed by atoms with Crippen LogP contribution in [0, 0.1) is 15.9 Å². The van der Waals surface area contributed by atoms with Crippen molar-refractivity contribution >= 4 is 23.2 Å². The van der Waals surface area contributed by atoms with E-state index in [0.717, 1.165) is 11.0 Å². The van der Waals surface area contributed by atoms with Gasteiger partial charge in [-0.15, -0.1) is 0 Å². The monoisotopic (exact) mass is 396 g/mol. The molecule has 0 saturated heterocycles. The second kappa shape index (κ2) is 8.68. The van der Waals surface area contributed by atoms with E-state index in [1.54, 1.807) is 6.92 Å². The highest BCUT2D eigenvalue weighted by Crippen LogP contribution is 2.35. The molecule has 2 rings (SSSR count). The van der Waals surface area contributed by atoms with Crippen LogP contribution >= 0.6 is 11.6 Å². The van der Waals surface area contributed by atoms with Gasteiger partial charge in [0.1, 0.15) is 11.4 Å². The molecular weight excluding hydrogens is 379 g/mol. The second-order valence-electron chi connectivity index (χ2n) is 5.57. The predicted molar refractivity (Wildman–Crippen MR) is 98.0 cm³/mol. The zero-order valence-electron chi connectivity index (χ0n) is 15.0. The average Bonchev–Trinajstić information content (AvgIpc) is 2.63. The third-order valence-electron chi connectivity index (χ3n) is 3.81. The van der Waals surface area contributed by atoms with Crippen molar-refractivity contribution in [3.8, 4) is 11.5 Å². The van der Waals surface area contributed by atoms with Crippen LogP contribution in [-0.4, -0.2) is 36.5 Å². The summed E-state index contributed by atoms with van der Waals surface area (Å²) in [6.45, 7) is 1.86. The lowest BCUT2D eigenvalue weighted by Crippen LogP contribution is -2.27. The standard InChI is InChI=1S/C18H18ClFN2O5/c1-4-27-17-8-11(15(22(24)25)9-16(17)26-3)18(23)21(2)10-12-13(19)6-5-7-14(12)20/h5-9H,4,10H2,1-3H3. The number of ether oxygens (including phenoxy) is 2. The molecule has 27 heavy (non-hydrogen) atoms. The first-order chi connectivity index (χ1) is 12.8. The van der Waals surface area contributed by atoms with Crippen molar-refractivity contribution in [2.24, 2.45) is 0 Å². The molecule has 0 N–H and O–H groups in total. The summed E-state index contributed by atoms with van der Waals surface area (Å²) in [6, 6.07) is 6.56. The summed E-state index contributed by atoms with van der Waals surface area (Å²) in [5.41, 5.74) is -0.512. The number of nitro groups is 1. The van der Waals surface area contributed by atoms with Crippen molar-refractivity contribution in [3.63, 3.8) is 0 Å². The molecule has 0 aliphatic carbocycles. The Balaban J connectivity index is 2.44. The minimum atomic E-state index is -0.685. The Morgan fingerprint density at radius 1 is 1.33 bits per heavy atom. The zero-order chi connectivity index (χ0) is 20.1. The summed E-state index contributed by atoms with van der Waals surface area (Å²) in [5.74, 6) is -0.905. The Morgan fingerprint density at radius 2 is 2.04 bits per heavy atom. The Morgan fingerprint density at radius 3 is 2.59 bits per heavy atom. The first kappa shape index (κ1) is 20.4. The van der Waals surface area contributed by atoms with Gasteiger partial charge in [0.05, 0.1) is 24.7 Å². The summed E-state index contributed by atoms with van der Waals surface area (Å²) in [6.07, 6.45) is 0. The van der Waals surface area contributed by atoms with Gasteiger partial charge in [-0.3, -0.25) is 14.9 Å². The quantitative estimate of drug-likeness (QED) is 0.520. The number of hydrogen-bond acceptors (Lipinski definition) is 5. The van der Waals surface area contributed by atoms with Gasteiger partial charge in [-0.2, -0.15) is 0 Å². The van der Waals surface area contributed by atoms with Crippen molar-refractivity contribution in [2.75, 3.05) is 20.8 Å². The molecule has 7 nitrogen and oxygen atoms in total. The molecule has 0 spiro atoms. The summed E-state index contributed by atoms with van der Waals surface area (Å²) >= 11 is 5.99. The summed E-state index contributed by atoms with van der Waals surface area (Å²) in [7, 11) is 2.74. The van der Waals surface area contributed by atoms with E-state index in [0.29, 0.717) is 0 Å². The van der Waals surface area contributed by atoms with Crippen molar-refractivity contribution in [1.29, 1.82) is 0 Å². The first-order valence-electron chi connectivity index (χ1n) is 7.97. The van der Waals surface area contributed by atoms with Gasteiger partial charge in [-0.25, -0.2) is 4.39 Å². The molecule has 1 amide bonds. The molecule has 0 bridgehead atoms. The SMILES string of the molecule is CCOc1cc(C(=O)N(C)Cc2c(F)cccc2Cl)c([N+](=O)[O-])cc1OC. The van der Waals surface area contributed by atoms with Gasteiger partial charge in [0.2, 0.25) is 0 Å². The van der Waals surface area contributed by atoms with E-state index in [4.69, 9.17) is 21.1 Å². The minimum Gasteiger partial charge on any atom is -0.493 e. The third kappa shape index (κ3) is 4.46. The molecule has 0 aromatic heterocycles. The molecule has 0 unspecified atom stereocenters. The molecule has 144 valence electrons. The third-order valence-corrected chi connectivity index (χ3v) is 4.17. The fourth-order valence-corrected chi connectivity index (χ4v) is 2.72. The van der Waals surface area contributed by atoms with E-state index in [1.165, 1.54) is 38.4 Å². The summed E-state index contributed by atoms with van der Waals surface area (Å²) in [5, 5.41) is 11.6. The van der Waals surface area contributed by atoms with Gasteiger partial charge in [0.25, 0.3) is 11.6 Å². The van der Waals surface area contributed by atoms with Crippen LogP contribution in [0.5, 0.6) is 11.5 Å². The van der Waals surface area contributed by atoms with Gasteiger partial charge in [0, 0.05) is 30.2 Å². The van der Waals surface area contributed by atoms with E-state index >= 15 is 0 Å². The van der Waals surface area contributed by atoms with Crippen molar-refractivity contribution in [1.82, 2.24) is 4.90 Å². The van der Waals surface area contributed by atoms with Gasteiger partial charge in [0.15, 0.2) is 11.5 Å². The van der Waals surface area contributed by atoms with Crippen LogP contribution in [0.1, 0.15) is 22.8 Å². The number of nitro benzene ring substituents is 1. The van der Waals surface area contributed by atoms with Crippen LogP contribution in [-0.2, 0) is 6.54 Å². The number of methoxy groups -OCH3 is 1. The van der Waals surface area contributed by atoms with Crippen LogP contribution in [0.2, 0.25) is 5.02 Å². The van der Waals surface area contributed by atoms with Gasteiger partial charge in [-0.05, 0) is 19.1 Å². The van der Waals surface area contributed by atoms with Crippen molar-refractivity contribution < 1.29 is 23.6 Å². The number of amides is 1. The predicted octanol–water partition coefficient (Wildman–Crippen LogP) is 4.07. The maximum Gasteiger partial charge on any atom is 0.286 e. The maximum absolute atomic E-state index is 14.0. The molecule has 2 aromatic carbocycles. The largest absolute Gasteiger partial charge is 0.493 e. The summed E-state index contributed by atoms with van der Waals surface area (Å²) in [4.78, 5) is 24.7. The zero-order valence-corrected chi connectivity index (χ0v) is 15.7. The molecule has 0 atom stereocenters. The number of halogens is 2. The van der Waals surface area contributed by atoms with Gasteiger partial charge >= 0.3 is 0 Å². The number of benzene rings is 2. The molecule has 0 radical (unpaired) electrons.